The average Bonchev–Trinajstić information content (AvgIpc) is 3.58. The monoisotopic (exact) mass is 768 g/mol. The molecule has 0 saturated heterocycles. The van der Waals surface area contributed by atoms with Gasteiger partial charge in [-0.2, -0.15) is 0 Å². The van der Waals surface area contributed by atoms with Crippen molar-refractivity contribution < 1.29 is 0 Å². The Balaban J connectivity index is 1.34. The fraction of sp³-hybridized carbons (Fsp3) is 0.396. The molecule has 0 N–H and O–H groups in total. The lowest BCUT2D eigenvalue weighted by Crippen LogP contribution is -2.60. The van der Waals surface area contributed by atoms with Crippen molar-refractivity contribution in [2.75, 3.05) is 9.80 Å². The fourth-order valence-electron chi connectivity index (χ4n) is 10.2. The Kier molecular flexibility index (Phi) is 9.95. The van der Waals surface area contributed by atoms with Gasteiger partial charge in [0.2, 0.25) is 0 Å². The summed E-state index contributed by atoms with van der Waals surface area (Å²) in [7, 11) is 0. The highest BCUT2D eigenvalue weighted by atomic mass is 32.1. The molecule has 3 aliphatic rings. The number of hydrogen-bond acceptors (Lipinski definition) is 3. The highest BCUT2D eigenvalue weighted by molar-refractivity contribution is 7.33. The Morgan fingerprint density at radius 3 is 1.84 bits per heavy atom. The highest BCUT2D eigenvalue weighted by Crippen LogP contribution is 2.51. The number of hydrogen-bond donors (Lipinski definition) is 0. The van der Waals surface area contributed by atoms with E-state index in [0.29, 0.717) is 0 Å². The van der Waals surface area contributed by atoms with E-state index < -0.39 is 0 Å². The van der Waals surface area contributed by atoms with Crippen molar-refractivity contribution in [3.8, 4) is 0 Å². The van der Waals surface area contributed by atoms with Crippen molar-refractivity contribution in [1.82, 2.24) is 0 Å². The molecule has 2 aliphatic heterocycles. The van der Waals surface area contributed by atoms with Crippen LogP contribution >= 0.6 is 11.3 Å². The summed E-state index contributed by atoms with van der Waals surface area (Å²) in [5.74, 6) is 0. The third-order valence-electron chi connectivity index (χ3n) is 13.7. The lowest BCUT2D eigenvalue weighted by Gasteiger charge is -2.45. The van der Waals surface area contributed by atoms with E-state index in [1.807, 2.05) is 11.3 Å². The van der Waals surface area contributed by atoms with Crippen molar-refractivity contribution in [2.24, 2.45) is 0 Å². The molecule has 0 amide bonds. The molecule has 1 aromatic heterocycles. The highest BCUT2D eigenvalue weighted by Gasteiger charge is 2.46. The van der Waals surface area contributed by atoms with Crippen molar-refractivity contribution in [2.45, 2.75) is 137 Å². The summed E-state index contributed by atoms with van der Waals surface area (Å²) < 4.78 is 2.88. The summed E-state index contributed by atoms with van der Waals surface area (Å²) in [6, 6.07) is 36.9. The number of anilines is 6. The lowest BCUT2D eigenvalue weighted by molar-refractivity contribution is 0.332. The first kappa shape index (κ1) is 38.3. The molecular weight excluding hydrogens is 707 g/mol. The van der Waals surface area contributed by atoms with Gasteiger partial charge >= 0.3 is 0 Å². The largest absolute Gasteiger partial charge is 0.311 e. The van der Waals surface area contributed by atoms with E-state index >= 15 is 0 Å². The van der Waals surface area contributed by atoms with Crippen LogP contribution in [0.4, 0.5) is 34.1 Å². The van der Waals surface area contributed by atoms with E-state index in [1.165, 1.54) is 145 Å². The average molecular weight is 769 g/mol. The zero-order valence-corrected chi connectivity index (χ0v) is 36.6. The number of thiophene rings is 1. The second kappa shape index (κ2) is 14.8. The van der Waals surface area contributed by atoms with Gasteiger partial charge in [0, 0.05) is 43.3 Å². The molecule has 9 rings (SSSR count). The lowest BCUT2D eigenvalue weighted by atomic mass is 9.36. The van der Waals surface area contributed by atoms with Crippen LogP contribution < -0.4 is 25.5 Å². The minimum Gasteiger partial charge on any atom is -0.311 e. The summed E-state index contributed by atoms with van der Waals surface area (Å²) in [6.45, 7) is 19.2. The Morgan fingerprint density at radius 1 is 0.579 bits per heavy atom. The predicted molar refractivity (Wildman–Crippen MR) is 252 cm³/mol. The van der Waals surface area contributed by atoms with Crippen LogP contribution in [0.3, 0.4) is 0 Å². The van der Waals surface area contributed by atoms with Crippen LogP contribution in [-0.2, 0) is 30.1 Å². The van der Waals surface area contributed by atoms with Crippen molar-refractivity contribution >= 4 is 78.0 Å². The Labute approximate surface area is 347 Å². The van der Waals surface area contributed by atoms with Gasteiger partial charge in [-0.05, 0) is 168 Å². The van der Waals surface area contributed by atoms with Crippen molar-refractivity contribution in [3.05, 3.63) is 124 Å². The third-order valence-corrected chi connectivity index (χ3v) is 14.9. The Morgan fingerprint density at radius 2 is 1.16 bits per heavy atom. The minimum absolute atomic E-state index is 0.117. The fourth-order valence-corrected chi connectivity index (χ4v) is 11.5. The SMILES string of the molecule is CCCCc1ccc(N2c3ccc(CCCC)cc3B3c4sc5ccc(CCCC)cc5c4N(c4ccc5c(c4)C(C)(C)CCC5(C)C)c4cc(C)cc2c43)cc1. The molecule has 2 nitrogen and oxygen atoms in total. The molecule has 0 fully saturated rings. The second-order valence-corrected chi connectivity index (χ2v) is 19.9. The maximum atomic E-state index is 2.70. The van der Waals surface area contributed by atoms with Crippen LogP contribution in [0.1, 0.15) is 133 Å². The van der Waals surface area contributed by atoms with Crippen LogP contribution in [0.25, 0.3) is 10.1 Å². The zero-order chi connectivity index (χ0) is 39.6. The summed E-state index contributed by atoms with van der Waals surface area (Å²) >= 11 is 2.04. The normalized spacial score (nSPS) is 16.0. The number of fused-ring (bicyclic) bond motifs is 7. The van der Waals surface area contributed by atoms with Gasteiger partial charge in [-0.15, -0.1) is 11.3 Å². The maximum Gasteiger partial charge on any atom is 0.264 e. The standard InChI is InChI=1S/C53H61BN2S/c1-9-12-15-36-18-22-39(23-19-36)55-45-26-20-38(17-14-11-3)33-44(45)54-49-46(55)30-35(4)31-47(49)56(40-24-25-42-43(34-40)53(7,8)29-28-52(42,5)6)50-41-32-37(16-13-10-2)21-27-48(41)57-51(50)54/h18-27,30-34H,9-17,28-29H2,1-8H3. The van der Waals surface area contributed by atoms with Gasteiger partial charge in [0.1, 0.15) is 0 Å². The second-order valence-electron chi connectivity index (χ2n) is 18.8. The van der Waals surface area contributed by atoms with E-state index in [4.69, 9.17) is 0 Å². The third kappa shape index (κ3) is 6.55. The molecule has 0 radical (unpaired) electrons. The van der Waals surface area contributed by atoms with Gasteiger partial charge in [0.15, 0.2) is 0 Å². The molecule has 0 atom stereocenters. The molecule has 0 spiro atoms. The summed E-state index contributed by atoms with van der Waals surface area (Å²) in [4.78, 5) is 5.30. The van der Waals surface area contributed by atoms with E-state index in [9.17, 15) is 0 Å². The molecule has 0 unspecified atom stereocenters. The quantitative estimate of drug-likeness (QED) is 0.121. The van der Waals surface area contributed by atoms with Gasteiger partial charge in [-0.3, -0.25) is 0 Å². The van der Waals surface area contributed by atoms with Gasteiger partial charge in [0.25, 0.3) is 6.71 Å². The van der Waals surface area contributed by atoms with Gasteiger partial charge in [-0.25, -0.2) is 0 Å². The molecule has 1 aliphatic carbocycles. The Hall–Kier alpha value is -4.28. The molecule has 4 heteroatoms. The molecule has 3 heterocycles. The van der Waals surface area contributed by atoms with E-state index in [-0.39, 0.29) is 17.5 Å². The maximum absolute atomic E-state index is 2.70. The molecule has 292 valence electrons. The summed E-state index contributed by atoms with van der Waals surface area (Å²) in [6.07, 6.45) is 13.1. The van der Waals surface area contributed by atoms with Crippen molar-refractivity contribution in [1.29, 1.82) is 0 Å². The number of unbranched alkanes of at least 4 members (excludes halogenated alkanes) is 3. The van der Waals surface area contributed by atoms with Crippen LogP contribution in [0.5, 0.6) is 0 Å². The Bertz CT molecular complexity index is 2470. The minimum atomic E-state index is 0.117. The first-order valence-electron chi connectivity index (χ1n) is 22.2. The van der Waals surface area contributed by atoms with Gasteiger partial charge < -0.3 is 9.80 Å². The topological polar surface area (TPSA) is 6.48 Å². The van der Waals surface area contributed by atoms with Crippen molar-refractivity contribution in [3.63, 3.8) is 0 Å². The number of rotatable bonds is 11. The number of aryl methyl sites for hydroxylation is 4. The van der Waals surface area contributed by atoms with Gasteiger partial charge in [-0.1, -0.05) is 104 Å². The number of nitrogens with zero attached hydrogens (tertiary/aromatic N) is 2. The van der Waals surface area contributed by atoms with E-state index in [0.717, 1.165) is 19.3 Å². The van der Waals surface area contributed by atoms with Crippen LogP contribution in [-0.4, -0.2) is 6.71 Å². The van der Waals surface area contributed by atoms with Gasteiger partial charge in [0.05, 0.1) is 5.69 Å². The number of benzene rings is 5. The molecular formula is C53H61BN2S. The molecule has 5 aromatic carbocycles. The first-order chi connectivity index (χ1) is 27.5. The van der Waals surface area contributed by atoms with Crippen LogP contribution in [0, 0.1) is 6.92 Å². The molecule has 57 heavy (non-hydrogen) atoms. The van der Waals surface area contributed by atoms with Crippen LogP contribution in [0.2, 0.25) is 0 Å². The summed E-state index contributed by atoms with van der Waals surface area (Å²) in [5, 5.41) is 1.41. The molecule has 6 aromatic rings. The smallest absolute Gasteiger partial charge is 0.264 e. The first-order valence-corrected chi connectivity index (χ1v) is 23.0. The summed E-state index contributed by atoms with van der Waals surface area (Å²) in [5.41, 5.74) is 19.7. The molecule has 0 bridgehead atoms. The van der Waals surface area contributed by atoms with Crippen LogP contribution in [0.15, 0.2) is 91.0 Å². The van der Waals surface area contributed by atoms with E-state index in [2.05, 4.69) is 156 Å². The van der Waals surface area contributed by atoms with E-state index in [1.54, 1.807) is 0 Å². The molecule has 0 saturated carbocycles. The zero-order valence-electron chi connectivity index (χ0n) is 35.8. The predicted octanol–water partition coefficient (Wildman–Crippen LogP) is 13.7.